The number of hydrogen-bond acceptors (Lipinski definition) is 5. The molecule has 0 unspecified atom stereocenters. The normalized spacial score (nSPS) is 10.9. The average Bonchev–Trinajstić information content (AvgIpc) is 3.81. The van der Waals surface area contributed by atoms with Crippen LogP contribution in [0.1, 0.15) is 5.89 Å². The lowest BCUT2D eigenvalue weighted by Gasteiger charge is -2.24. The Morgan fingerprint density at radius 2 is 1.06 bits per heavy atom. The zero-order valence-corrected chi connectivity index (χ0v) is 27.0. The second-order valence-electron chi connectivity index (χ2n) is 10.5. The summed E-state index contributed by atoms with van der Waals surface area (Å²) in [6, 6.07) is 41.8. The minimum atomic E-state index is -1.95. The van der Waals surface area contributed by atoms with Crippen molar-refractivity contribution in [1.82, 2.24) is 9.97 Å². The predicted octanol–water partition coefficient (Wildman–Crippen LogP) is 5.05. The van der Waals surface area contributed by atoms with Crippen LogP contribution in [0, 0.1) is 11.6 Å². The van der Waals surface area contributed by atoms with Gasteiger partial charge in [-0.3, -0.25) is 0 Å². The lowest BCUT2D eigenvalue weighted by Crippen LogP contribution is -3.00. The molecule has 2 heterocycles. The van der Waals surface area contributed by atoms with Gasteiger partial charge in [-0.25, -0.2) is 18.7 Å². The highest BCUT2D eigenvalue weighted by Gasteiger charge is 2.42. The fourth-order valence-electron chi connectivity index (χ4n) is 5.20. The van der Waals surface area contributed by atoms with Crippen LogP contribution in [0.15, 0.2) is 155 Å². The molecule has 1 N–H and O–H groups in total. The van der Waals surface area contributed by atoms with Crippen LogP contribution in [0.5, 0.6) is 0 Å². The van der Waals surface area contributed by atoms with Gasteiger partial charge in [-0.2, -0.15) is 0 Å². The van der Waals surface area contributed by atoms with Crippen LogP contribution in [-0.4, -0.2) is 21.7 Å². The highest BCUT2D eigenvalue weighted by Crippen LogP contribution is 2.53. The second-order valence-corrected chi connectivity index (χ2v) is 14.0. The van der Waals surface area contributed by atoms with Gasteiger partial charge in [-0.15, -0.1) is 0 Å². The van der Waals surface area contributed by atoms with Crippen molar-refractivity contribution in [3.05, 3.63) is 163 Å². The molecule has 2 aromatic heterocycles. The minimum absolute atomic E-state index is 0. The summed E-state index contributed by atoms with van der Waals surface area (Å²) in [5.41, 5.74) is 2.51. The van der Waals surface area contributed by atoms with Crippen molar-refractivity contribution in [2.24, 2.45) is 0 Å². The van der Waals surface area contributed by atoms with E-state index in [0.717, 1.165) is 16.7 Å². The summed E-state index contributed by atoms with van der Waals surface area (Å²) in [4.78, 5) is 8.43. The molecule has 0 aliphatic rings. The van der Waals surface area contributed by atoms with Gasteiger partial charge in [0.05, 0.1) is 24.6 Å². The van der Waals surface area contributed by atoms with Gasteiger partial charge in [0, 0.05) is 11.1 Å². The molecule has 0 fully saturated rings. The van der Waals surface area contributed by atoms with Crippen LogP contribution in [-0.2, 0) is 6.61 Å². The number of rotatable bonds is 7. The monoisotopic (exact) mass is 666 g/mol. The average molecular weight is 667 g/mol. The van der Waals surface area contributed by atoms with E-state index in [9.17, 15) is 8.78 Å². The summed E-state index contributed by atoms with van der Waals surface area (Å²) in [5.74, 6) is 1.39. The molecule has 0 saturated heterocycles. The van der Waals surface area contributed by atoms with Gasteiger partial charge < -0.3 is 26.3 Å². The Hall–Kier alpha value is -4.94. The van der Waals surface area contributed by atoms with Crippen molar-refractivity contribution in [2.75, 3.05) is 6.66 Å². The molecule has 9 heteroatoms. The second kappa shape index (κ2) is 15.1. The summed E-state index contributed by atoms with van der Waals surface area (Å²) in [5, 5.41) is 12.5. The molecule has 236 valence electrons. The summed E-state index contributed by atoms with van der Waals surface area (Å²) in [6.45, 7) is 2.11. The molecule has 0 bridgehead atoms. The summed E-state index contributed by atoms with van der Waals surface area (Å²) >= 11 is 0. The van der Waals surface area contributed by atoms with Gasteiger partial charge in [0.25, 0.3) is 0 Å². The third-order valence-corrected chi connectivity index (χ3v) is 11.6. The lowest BCUT2D eigenvalue weighted by molar-refractivity contribution is -0.0000121. The molecular formula is C38H30ClF2N2O3P. The largest absolute Gasteiger partial charge is 1.00 e. The highest BCUT2D eigenvalue weighted by atomic mass is 35.5. The molecule has 0 aliphatic heterocycles. The molecule has 5 nitrogen and oxygen atoms in total. The van der Waals surface area contributed by atoms with Gasteiger partial charge in [0.15, 0.2) is 11.5 Å². The smallest absolute Gasteiger partial charge is 0.230 e. The number of oxazole rings is 2. The molecular weight excluding hydrogens is 637 g/mol. The number of aliphatic hydroxyl groups is 1. The van der Waals surface area contributed by atoms with Crippen molar-refractivity contribution in [3.8, 4) is 34.1 Å². The van der Waals surface area contributed by atoms with Crippen molar-refractivity contribution >= 4 is 23.2 Å². The van der Waals surface area contributed by atoms with Crippen LogP contribution in [0.4, 0.5) is 8.78 Å². The third kappa shape index (κ3) is 7.39. The summed E-state index contributed by atoms with van der Waals surface area (Å²) in [7, 11) is -1.95. The third-order valence-electron chi connectivity index (χ3n) is 7.61. The molecule has 7 rings (SSSR count). The Bertz CT molecular complexity index is 1980. The Labute approximate surface area is 278 Å². The fraction of sp³-hybridized carbons (Fsp3) is 0.0526. The maximum Gasteiger partial charge on any atom is 0.230 e. The molecule has 47 heavy (non-hydrogen) atoms. The van der Waals surface area contributed by atoms with E-state index in [1.54, 1.807) is 30.5 Å². The predicted molar refractivity (Wildman–Crippen MR) is 180 cm³/mol. The zero-order chi connectivity index (χ0) is 31.9. The van der Waals surface area contributed by atoms with Gasteiger partial charge in [-0.1, -0.05) is 48.5 Å². The van der Waals surface area contributed by atoms with E-state index in [1.807, 2.05) is 18.2 Å². The van der Waals surface area contributed by atoms with Gasteiger partial charge in [-0.05, 0) is 84.9 Å². The molecule has 0 atom stereocenters. The number of halogens is 3. The van der Waals surface area contributed by atoms with E-state index in [4.69, 9.17) is 13.9 Å². The van der Waals surface area contributed by atoms with Crippen molar-refractivity contribution in [3.63, 3.8) is 0 Å². The lowest BCUT2D eigenvalue weighted by atomic mass is 10.2. The Balaban J connectivity index is 0.000000243. The zero-order valence-electron chi connectivity index (χ0n) is 25.3. The van der Waals surface area contributed by atoms with E-state index in [-0.39, 0.29) is 36.5 Å². The number of benzene rings is 5. The van der Waals surface area contributed by atoms with Crippen molar-refractivity contribution in [1.29, 1.82) is 0 Å². The highest BCUT2D eigenvalue weighted by molar-refractivity contribution is 7.95. The van der Waals surface area contributed by atoms with E-state index < -0.39 is 7.26 Å². The Morgan fingerprint density at radius 1 is 0.596 bits per heavy atom. The maximum atomic E-state index is 13.3. The maximum absolute atomic E-state index is 13.3. The van der Waals surface area contributed by atoms with Crippen molar-refractivity contribution in [2.45, 2.75) is 6.61 Å². The van der Waals surface area contributed by atoms with Crippen molar-refractivity contribution < 1.29 is 35.1 Å². The molecule has 7 aromatic rings. The van der Waals surface area contributed by atoms with Crippen LogP contribution >= 0.6 is 7.26 Å². The van der Waals surface area contributed by atoms with Crippen LogP contribution in [0.3, 0.4) is 0 Å². The molecule has 0 amide bonds. The van der Waals surface area contributed by atoms with Crippen LogP contribution < -0.4 is 28.3 Å². The minimum Gasteiger partial charge on any atom is -1.00 e. The summed E-state index contributed by atoms with van der Waals surface area (Å²) < 4.78 is 37.3. The Morgan fingerprint density at radius 3 is 1.57 bits per heavy atom. The first-order valence-corrected chi connectivity index (χ1v) is 16.8. The topological polar surface area (TPSA) is 72.3 Å². The molecule has 0 aliphatic carbocycles. The first kappa shape index (κ1) is 33.4. The fourth-order valence-corrected chi connectivity index (χ4v) is 8.63. The molecule has 0 spiro atoms. The standard InChI is InChI=1S/C28H22FNOP.C10H8FNO2.ClH/c1-32(23-10-4-2-5-11-23,24-12-6-3-7-13-24)27-15-9-8-14-25(27)28-30-20-26(31-28)21-16-18-22(29)19-17-21;11-8-3-1-7(2-4-8)9-5-12-10(6-13)14-9;/h2-20H,1H3;1-5,13H,6H2;1H/q+1;;/p-1. The SMILES string of the molecule is C[P+](c1ccccc1)(c1ccccc1)c1ccccc1-c1ncc(-c2ccc(F)cc2)o1.OCc1ncc(-c2ccc(F)cc2)o1.[Cl-]. The van der Waals surface area contributed by atoms with E-state index in [2.05, 4.69) is 83.4 Å². The number of aromatic nitrogens is 2. The number of hydrogen-bond donors (Lipinski definition) is 1. The number of aliphatic hydroxyl groups excluding tert-OH is 1. The Kier molecular flexibility index (Phi) is 10.7. The quantitative estimate of drug-likeness (QED) is 0.241. The van der Waals surface area contributed by atoms with Crippen LogP contribution in [0.2, 0.25) is 0 Å². The van der Waals surface area contributed by atoms with Gasteiger partial charge in [0.1, 0.15) is 41.4 Å². The molecule has 0 radical (unpaired) electrons. The molecule has 5 aromatic carbocycles. The van der Waals surface area contributed by atoms with E-state index in [1.165, 1.54) is 46.4 Å². The molecule has 0 saturated carbocycles. The van der Waals surface area contributed by atoms with Crippen LogP contribution in [0.25, 0.3) is 34.1 Å². The first-order valence-electron chi connectivity index (χ1n) is 14.6. The van der Waals surface area contributed by atoms with Gasteiger partial charge in [0.2, 0.25) is 11.8 Å². The first-order chi connectivity index (χ1) is 22.5. The summed E-state index contributed by atoms with van der Waals surface area (Å²) in [6.07, 6.45) is 3.21. The van der Waals surface area contributed by atoms with Gasteiger partial charge >= 0.3 is 0 Å². The van der Waals surface area contributed by atoms with E-state index >= 15 is 0 Å². The van der Waals surface area contributed by atoms with E-state index in [0.29, 0.717) is 17.4 Å². The number of nitrogens with zero attached hydrogens (tertiary/aromatic N) is 2.